The van der Waals surface area contributed by atoms with Crippen LogP contribution in [-0.2, 0) is 0 Å². The molecule has 0 spiro atoms. The average molecular weight is 171 g/mol. The zero-order valence-electron chi connectivity index (χ0n) is 7.01. The van der Waals surface area contributed by atoms with Gasteiger partial charge in [0.2, 0.25) is 0 Å². The highest BCUT2D eigenvalue weighted by atomic mass is 32.2. The first-order chi connectivity index (χ1) is 5.47. The van der Waals surface area contributed by atoms with Gasteiger partial charge in [-0.2, -0.15) is 11.8 Å². The minimum atomic E-state index is 0.997. The van der Waals surface area contributed by atoms with Gasteiger partial charge < -0.3 is 5.32 Å². The van der Waals surface area contributed by atoms with Crippen molar-refractivity contribution in [1.29, 1.82) is 0 Å². The zero-order valence-corrected chi connectivity index (χ0v) is 7.83. The van der Waals surface area contributed by atoms with Crippen LogP contribution in [0, 0.1) is 5.92 Å². The SMILES string of the molecule is C1CCC2SCCNCC2C1. The van der Waals surface area contributed by atoms with Gasteiger partial charge in [0.05, 0.1) is 0 Å². The Kier molecular flexibility index (Phi) is 2.75. The van der Waals surface area contributed by atoms with Crippen LogP contribution >= 0.6 is 11.8 Å². The summed E-state index contributed by atoms with van der Waals surface area (Å²) >= 11 is 2.21. The van der Waals surface area contributed by atoms with Crippen molar-refractivity contribution >= 4 is 11.8 Å². The zero-order chi connectivity index (χ0) is 7.52. The number of thioether (sulfide) groups is 1. The van der Waals surface area contributed by atoms with Crippen LogP contribution in [0.4, 0.5) is 0 Å². The quantitative estimate of drug-likeness (QED) is 0.597. The lowest BCUT2D eigenvalue weighted by Gasteiger charge is -2.28. The van der Waals surface area contributed by atoms with E-state index in [9.17, 15) is 0 Å². The van der Waals surface area contributed by atoms with Gasteiger partial charge >= 0.3 is 0 Å². The smallest absolute Gasteiger partial charge is 0.00879 e. The lowest BCUT2D eigenvalue weighted by molar-refractivity contribution is 0.362. The van der Waals surface area contributed by atoms with Crippen molar-refractivity contribution in [3.8, 4) is 0 Å². The Morgan fingerprint density at radius 1 is 1.18 bits per heavy atom. The van der Waals surface area contributed by atoms with Gasteiger partial charge in [-0.05, 0) is 25.3 Å². The molecule has 1 saturated carbocycles. The lowest BCUT2D eigenvalue weighted by atomic mass is 9.89. The molecule has 1 aliphatic carbocycles. The number of rotatable bonds is 0. The average Bonchev–Trinajstić information content (AvgIpc) is 2.28. The summed E-state index contributed by atoms with van der Waals surface area (Å²) in [7, 11) is 0. The normalized spacial score (nSPS) is 39.3. The second kappa shape index (κ2) is 3.81. The summed E-state index contributed by atoms with van der Waals surface area (Å²) in [6, 6.07) is 0. The molecule has 1 aliphatic heterocycles. The molecule has 1 nitrogen and oxygen atoms in total. The number of nitrogens with one attached hydrogen (secondary N) is 1. The Morgan fingerprint density at radius 2 is 2.09 bits per heavy atom. The summed E-state index contributed by atoms with van der Waals surface area (Å²) in [6.07, 6.45) is 5.92. The largest absolute Gasteiger partial charge is 0.316 e. The maximum atomic E-state index is 3.53. The van der Waals surface area contributed by atoms with Gasteiger partial charge in [0.15, 0.2) is 0 Å². The van der Waals surface area contributed by atoms with Crippen LogP contribution < -0.4 is 5.32 Å². The van der Waals surface area contributed by atoms with Crippen molar-refractivity contribution in [2.24, 2.45) is 5.92 Å². The van der Waals surface area contributed by atoms with E-state index < -0.39 is 0 Å². The van der Waals surface area contributed by atoms with E-state index in [0.29, 0.717) is 0 Å². The summed E-state index contributed by atoms with van der Waals surface area (Å²) < 4.78 is 0. The highest BCUT2D eigenvalue weighted by Gasteiger charge is 2.26. The first-order valence-electron chi connectivity index (χ1n) is 4.79. The minimum absolute atomic E-state index is 0.997. The van der Waals surface area contributed by atoms with Crippen LogP contribution in [0.1, 0.15) is 25.7 Å². The first kappa shape index (κ1) is 7.93. The third-order valence-corrected chi connectivity index (χ3v) is 4.35. The van der Waals surface area contributed by atoms with E-state index in [2.05, 4.69) is 17.1 Å². The molecule has 2 atom stereocenters. The fourth-order valence-electron chi connectivity index (χ4n) is 2.20. The fourth-order valence-corrected chi connectivity index (χ4v) is 3.60. The minimum Gasteiger partial charge on any atom is -0.316 e. The molecule has 0 radical (unpaired) electrons. The number of fused-ring (bicyclic) bond motifs is 1. The van der Waals surface area contributed by atoms with Gasteiger partial charge in [-0.25, -0.2) is 0 Å². The van der Waals surface area contributed by atoms with Crippen molar-refractivity contribution in [3.63, 3.8) is 0 Å². The summed E-state index contributed by atoms with van der Waals surface area (Å²) in [4.78, 5) is 0. The molecular weight excluding hydrogens is 154 g/mol. The maximum absolute atomic E-state index is 3.53. The van der Waals surface area contributed by atoms with Crippen molar-refractivity contribution < 1.29 is 0 Å². The molecule has 2 fully saturated rings. The monoisotopic (exact) mass is 171 g/mol. The van der Waals surface area contributed by atoms with Crippen LogP contribution in [0.25, 0.3) is 0 Å². The van der Waals surface area contributed by atoms with Crippen LogP contribution in [0.2, 0.25) is 0 Å². The molecule has 2 rings (SSSR count). The molecule has 2 unspecified atom stereocenters. The van der Waals surface area contributed by atoms with Gasteiger partial charge in [0.1, 0.15) is 0 Å². The highest BCUT2D eigenvalue weighted by Crippen LogP contribution is 2.33. The molecule has 2 heteroatoms. The number of hydrogen-bond acceptors (Lipinski definition) is 2. The van der Waals surface area contributed by atoms with E-state index >= 15 is 0 Å². The van der Waals surface area contributed by atoms with E-state index in [1.807, 2.05) is 0 Å². The highest BCUT2D eigenvalue weighted by molar-refractivity contribution is 7.99. The van der Waals surface area contributed by atoms with Gasteiger partial charge in [-0.1, -0.05) is 12.8 Å². The Bertz CT molecular complexity index is 113. The Labute approximate surface area is 73.3 Å². The number of hydrogen-bond donors (Lipinski definition) is 1. The Morgan fingerprint density at radius 3 is 3.09 bits per heavy atom. The topological polar surface area (TPSA) is 12.0 Å². The third kappa shape index (κ3) is 1.91. The van der Waals surface area contributed by atoms with Gasteiger partial charge in [0.25, 0.3) is 0 Å². The summed E-state index contributed by atoms with van der Waals surface area (Å²) in [6.45, 7) is 2.52. The molecular formula is C9H17NS. The summed E-state index contributed by atoms with van der Waals surface area (Å²) in [5.41, 5.74) is 0. The molecule has 0 amide bonds. The molecule has 64 valence electrons. The fraction of sp³-hybridized carbons (Fsp3) is 1.00. The van der Waals surface area contributed by atoms with E-state index in [0.717, 1.165) is 11.2 Å². The molecule has 1 N–H and O–H groups in total. The Hall–Kier alpha value is 0.310. The van der Waals surface area contributed by atoms with E-state index in [4.69, 9.17) is 0 Å². The standard InChI is InChI=1S/C9H17NS/c1-2-4-9-8(3-1)7-10-5-6-11-9/h8-10H,1-7H2. The molecule has 0 aromatic heterocycles. The van der Waals surface area contributed by atoms with Crippen LogP contribution in [0.3, 0.4) is 0 Å². The maximum Gasteiger partial charge on any atom is 0.00879 e. The molecule has 0 aromatic rings. The van der Waals surface area contributed by atoms with Crippen molar-refractivity contribution in [3.05, 3.63) is 0 Å². The predicted molar refractivity (Wildman–Crippen MR) is 51.1 cm³/mol. The first-order valence-corrected chi connectivity index (χ1v) is 5.84. The van der Waals surface area contributed by atoms with Crippen molar-refractivity contribution in [2.45, 2.75) is 30.9 Å². The van der Waals surface area contributed by atoms with Crippen molar-refractivity contribution in [2.75, 3.05) is 18.8 Å². The van der Waals surface area contributed by atoms with E-state index in [1.165, 1.54) is 44.5 Å². The molecule has 0 aromatic carbocycles. The van der Waals surface area contributed by atoms with Crippen LogP contribution in [0.15, 0.2) is 0 Å². The molecule has 2 aliphatic rings. The van der Waals surface area contributed by atoms with E-state index in [-0.39, 0.29) is 0 Å². The third-order valence-electron chi connectivity index (χ3n) is 2.86. The summed E-state index contributed by atoms with van der Waals surface area (Å²) in [5, 5.41) is 4.52. The van der Waals surface area contributed by atoms with Crippen molar-refractivity contribution in [1.82, 2.24) is 5.32 Å². The Balaban J connectivity index is 1.93. The van der Waals surface area contributed by atoms with E-state index in [1.54, 1.807) is 0 Å². The van der Waals surface area contributed by atoms with Gasteiger partial charge in [-0.3, -0.25) is 0 Å². The molecule has 0 bridgehead atoms. The lowest BCUT2D eigenvalue weighted by Crippen LogP contribution is -2.29. The van der Waals surface area contributed by atoms with Crippen LogP contribution in [0.5, 0.6) is 0 Å². The van der Waals surface area contributed by atoms with Gasteiger partial charge in [0, 0.05) is 17.5 Å². The second-order valence-electron chi connectivity index (χ2n) is 3.66. The molecule has 1 saturated heterocycles. The van der Waals surface area contributed by atoms with Gasteiger partial charge in [-0.15, -0.1) is 0 Å². The second-order valence-corrected chi connectivity index (χ2v) is 5.00. The molecule has 11 heavy (non-hydrogen) atoms. The predicted octanol–water partition coefficient (Wildman–Crippen LogP) is 1.88. The van der Waals surface area contributed by atoms with Crippen LogP contribution in [-0.4, -0.2) is 24.1 Å². The molecule has 1 heterocycles. The summed E-state index contributed by atoms with van der Waals surface area (Å²) in [5.74, 6) is 2.33.